The minimum atomic E-state index is -3.99. The van der Waals surface area contributed by atoms with E-state index in [9.17, 15) is 18.0 Å². The molecular weight excluding hydrogens is 336 g/mol. The smallest absolute Gasteiger partial charge is 0.269 e. The van der Waals surface area contributed by atoms with Crippen molar-refractivity contribution in [2.45, 2.75) is 9.79 Å². The lowest BCUT2D eigenvalue weighted by Gasteiger charge is -2.15. The predicted molar refractivity (Wildman–Crippen MR) is 87.0 cm³/mol. The van der Waals surface area contributed by atoms with Crippen LogP contribution in [-0.4, -0.2) is 31.1 Å². The van der Waals surface area contributed by atoms with E-state index in [4.69, 9.17) is 0 Å². The molecule has 1 aliphatic rings. The number of hydrogen-bond acceptors (Lipinski definition) is 5. The van der Waals surface area contributed by atoms with Crippen LogP contribution in [0.15, 0.2) is 58.3 Å². The molecule has 3 rings (SSSR count). The number of rotatable bonds is 3. The summed E-state index contributed by atoms with van der Waals surface area (Å²) in [5.41, 5.74) is 0.525. The number of benzene rings is 2. The number of nitrogens with one attached hydrogen (secondary N) is 1. The Morgan fingerprint density at radius 2 is 1.74 bits per heavy atom. The average molecular weight is 348 g/mol. The van der Waals surface area contributed by atoms with Crippen LogP contribution in [0.2, 0.25) is 0 Å². The molecule has 0 saturated carbocycles. The lowest BCUT2D eigenvalue weighted by Crippen LogP contribution is -2.37. The van der Waals surface area contributed by atoms with E-state index in [-0.39, 0.29) is 10.5 Å². The maximum absolute atomic E-state index is 12.4. The second-order valence-corrected chi connectivity index (χ2v) is 7.19. The number of nitrogens with zero attached hydrogens (tertiary/aromatic N) is 1. The van der Waals surface area contributed by atoms with Gasteiger partial charge in [0.05, 0.1) is 11.3 Å². The zero-order valence-corrected chi connectivity index (χ0v) is 13.5. The highest BCUT2D eigenvalue weighted by atomic mass is 32.2. The maximum atomic E-state index is 12.4. The summed E-state index contributed by atoms with van der Waals surface area (Å²) in [6.07, 6.45) is 0. The molecule has 0 unspecified atom stereocenters. The van der Waals surface area contributed by atoms with Crippen molar-refractivity contribution in [3.63, 3.8) is 0 Å². The van der Waals surface area contributed by atoms with Gasteiger partial charge in [0.25, 0.3) is 15.9 Å². The largest absolute Gasteiger partial charge is 0.323 e. The summed E-state index contributed by atoms with van der Waals surface area (Å²) < 4.78 is 25.3. The molecule has 0 bridgehead atoms. The molecule has 2 aromatic carbocycles. The Bertz CT molecular complexity index is 909. The van der Waals surface area contributed by atoms with Gasteiger partial charge < -0.3 is 5.32 Å². The van der Waals surface area contributed by atoms with E-state index in [0.29, 0.717) is 14.9 Å². The summed E-state index contributed by atoms with van der Waals surface area (Å²) >= 11 is 4.20. The second-order valence-electron chi connectivity index (χ2n) is 4.88. The SMILES string of the molecule is O=C(CN1C(=O)c2ccccc2S1(=O)=O)Nc1ccccc1S. The Kier molecular flexibility index (Phi) is 3.87. The van der Waals surface area contributed by atoms with E-state index in [1.165, 1.54) is 18.2 Å². The Morgan fingerprint density at radius 1 is 1.09 bits per heavy atom. The molecular formula is C15H12N2O4S2. The van der Waals surface area contributed by atoms with Gasteiger partial charge in [0, 0.05) is 4.90 Å². The van der Waals surface area contributed by atoms with E-state index in [1.54, 1.807) is 30.3 Å². The van der Waals surface area contributed by atoms with E-state index in [2.05, 4.69) is 17.9 Å². The molecule has 0 spiro atoms. The third-order valence-corrected chi connectivity index (χ3v) is 5.55. The quantitative estimate of drug-likeness (QED) is 0.828. The predicted octanol–water partition coefficient (Wildman–Crippen LogP) is 1.76. The van der Waals surface area contributed by atoms with Gasteiger partial charge in [-0.15, -0.1) is 12.6 Å². The molecule has 0 aromatic heterocycles. The minimum Gasteiger partial charge on any atom is -0.323 e. The van der Waals surface area contributed by atoms with Crippen molar-refractivity contribution < 1.29 is 18.0 Å². The van der Waals surface area contributed by atoms with Gasteiger partial charge in [-0.2, -0.15) is 0 Å². The van der Waals surface area contributed by atoms with Crippen LogP contribution in [0.25, 0.3) is 0 Å². The standard InChI is InChI=1S/C15H12N2O4S2/c18-14(16-11-6-2-3-7-12(11)22)9-17-15(19)10-5-1-4-8-13(10)23(17,20)21/h1-8,22H,9H2,(H,16,18). The number of amides is 2. The van der Waals surface area contributed by atoms with Crippen LogP contribution >= 0.6 is 12.6 Å². The molecule has 0 aliphatic carbocycles. The third kappa shape index (κ3) is 2.71. The Morgan fingerprint density at radius 3 is 2.43 bits per heavy atom. The van der Waals surface area contributed by atoms with Crippen molar-refractivity contribution in [2.24, 2.45) is 0 Å². The van der Waals surface area contributed by atoms with Gasteiger partial charge in [-0.3, -0.25) is 9.59 Å². The zero-order chi connectivity index (χ0) is 16.6. The molecule has 1 aliphatic heterocycles. The lowest BCUT2D eigenvalue weighted by molar-refractivity contribution is -0.116. The van der Waals surface area contributed by atoms with Crippen molar-refractivity contribution in [1.29, 1.82) is 0 Å². The van der Waals surface area contributed by atoms with E-state index < -0.39 is 28.4 Å². The first-order chi connectivity index (χ1) is 10.9. The molecule has 23 heavy (non-hydrogen) atoms. The number of hydrogen-bond donors (Lipinski definition) is 2. The second kappa shape index (κ2) is 5.71. The highest BCUT2D eigenvalue weighted by molar-refractivity contribution is 7.90. The molecule has 1 heterocycles. The number of para-hydroxylation sites is 1. The fourth-order valence-corrected chi connectivity index (χ4v) is 4.03. The van der Waals surface area contributed by atoms with Gasteiger partial charge in [-0.1, -0.05) is 24.3 Å². The highest BCUT2D eigenvalue weighted by Gasteiger charge is 2.41. The lowest BCUT2D eigenvalue weighted by atomic mass is 10.2. The third-order valence-electron chi connectivity index (χ3n) is 3.38. The molecule has 8 heteroatoms. The Labute approximate surface area is 138 Å². The van der Waals surface area contributed by atoms with Gasteiger partial charge in [0.2, 0.25) is 5.91 Å². The van der Waals surface area contributed by atoms with Gasteiger partial charge in [-0.05, 0) is 24.3 Å². The highest BCUT2D eigenvalue weighted by Crippen LogP contribution is 2.29. The molecule has 0 fully saturated rings. The molecule has 2 aromatic rings. The average Bonchev–Trinajstić information content (AvgIpc) is 2.71. The maximum Gasteiger partial charge on any atom is 0.269 e. The van der Waals surface area contributed by atoms with Crippen LogP contribution in [0.4, 0.5) is 5.69 Å². The number of carbonyl (C=O) groups is 2. The summed E-state index contributed by atoms with van der Waals surface area (Å²) in [4.78, 5) is 24.8. The summed E-state index contributed by atoms with van der Waals surface area (Å²) in [5.74, 6) is -1.31. The van der Waals surface area contributed by atoms with Crippen molar-refractivity contribution in [1.82, 2.24) is 4.31 Å². The van der Waals surface area contributed by atoms with Crippen molar-refractivity contribution in [2.75, 3.05) is 11.9 Å². The first kappa shape index (κ1) is 15.6. The normalized spacial score (nSPS) is 15.3. The van der Waals surface area contributed by atoms with E-state index in [0.717, 1.165) is 0 Å². The number of thiol groups is 1. The van der Waals surface area contributed by atoms with Crippen LogP contribution in [0.1, 0.15) is 10.4 Å². The Hall–Kier alpha value is -2.32. The summed E-state index contributed by atoms with van der Waals surface area (Å²) in [6.45, 7) is -0.585. The molecule has 118 valence electrons. The summed E-state index contributed by atoms with van der Waals surface area (Å²) in [5, 5.41) is 2.55. The van der Waals surface area contributed by atoms with Crippen LogP contribution in [-0.2, 0) is 14.8 Å². The number of sulfonamides is 1. The van der Waals surface area contributed by atoms with Crippen LogP contribution < -0.4 is 5.32 Å². The number of carbonyl (C=O) groups excluding carboxylic acids is 2. The van der Waals surface area contributed by atoms with Crippen LogP contribution in [0.3, 0.4) is 0 Å². The minimum absolute atomic E-state index is 0.0765. The first-order valence-electron chi connectivity index (χ1n) is 6.65. The molecule has 0 atom stereocenters. The number of anilines is 1. The molecule has 6 nitrogen and oxygen atoms in total. The van der Waals surface area contributed by atoms with Gasteiger partial charge in [0.1, 0.15) is 11.4 Å². The summed E-state index contributed by atoms with van der Waals surface area (Å²) in [7, 11) is -3.99. The fraction of sp³-hybridized carbons (Fsp3) is 0.0667. The molecule has 0 radical (unpaired) electrons. The summed E-state index contributed by atoms with van der Waals surface area (Å²) in [6, 6.07) is 12.7. The van der Waals surface area contributed by atoms with E-state index in [1.807, 2.05) is 0 Å². The van der Waals surface area contributed by atoms with Crippen LogP contribution in [0, 0.1) is 0 Å². The van der Waals surface area contributed by atoms with Gasteiger partial charge >= 0.3 is 0 Å². The Balaban J connectivity index is 1.83. The topological polar surface area (TPSA) is 83.6 Å². The van der Waals surface area contributed by atoms with Gasteiger partial charge in [-0.25, -0.2) is 12.7 Å². The van der Waals surface area contributed by atoms with Crippen molar-refractivity contribution >= 4 is 40.2 Å². The van der Waals surface area contributed by atoms with E-state index >= 15 is 0 Å². The van der Waals surface area contributed by atoms with Crippen molar-refractivity contribution in [3.05, 3.63) is 54.1 Å². The van der Waals surface area contributed by atoms with Crippen LogP contribution in [0.5, 0.6) is 0 Å². The number of fused-ring (bicyclic) bond motifs is 1. The zero-order valence-electron chi connectivity index (χ0n) is 11.8. The monoisotopic (exact) mass is 348 g/mol. The fourth-order valence-electron chi connectivity index (χ4n) is 2.29. The molecule has 2 amide bonds. The molecule has 0 saturated heterocycles. The molecule has 1 N–H and O–H groups in total. The first-order valence-corrected chi connectivity index (χ1v) is 8.54. The van der Waals surface area contributed by atoms with Crippen molar-refractivity contribution in [3.8, 4) is 0 Å². The van der Waals surface area contributed by atoms with Gasteiger partial charge in [0.15, 0.2) is 0 Å².